The van der Waals surface area contributed by atoms with Crippen LogP contribution in [0.3, 0.4) is 0 Å². The normalized spacial score (nSPS) is 12.0. The summed E-state index contributed by atoms with van der Waals surface area (Å²) in [5.74, 6) is -1.39. The molecule has 3 rings (SSSR count). The van der Waals surface area contributed by atoms with E-state index in [9.17, 15) is 9.59 Å². The van der Waals surface area contributed by atoms with Crippen molar-refractivity contribution in [2.45, 2.75) is 70.6 Å². The molecule has 0 aliphatic carbocycles. The van der Waals surface area contributed by atoms with Crippen molar-refractivity contribution in [3.05, 3.63) is 119 Å². The summed E-state index contributed by atoms with van der Waals surface area (Å²) in [7, 11) is 0. The molecule has 0 radical (unpaired) electrons. The molecule has 0 saturated heterocycles. The summed E-state index contributed by atoms with van der Waals surface area (Å²) in [6.07, 6.45) is 14.7. The number of allylic oxidation sites excluding steroid dienone is 2. The number of aryl methyl sites for hydroxylation is 2. The van der Waals surface area contributed by atoms with Gasteiger partial charge in [-0.15, -0.1) is 0 Å². The Bertz CT molecular complexity index is 1150. The van der Waals surface area contributed by atoms with Gasteiger partial charge in [0.25, 0.3) is 0 Å². The fourth-order valence-electron chi connectivity index (χ4n) is 4.82. The van der Waals surface area contributed by atoms with Crippen LogP contribution >= 0.6 is 0 Å². The molecule has 4 nitrogen and oxygen atoms in total. The SMILES string of the molecule is O=C(O)CCCCC(C=CCc1cccc(CCCCCc2ccccc2)c1)Cc1ccc(C(=O)O)cc1. The van der Waals surface area contributed by atoms with Crippen molar-refractivity contribution in [1.82, 2.24) is 0 Å². The Morgan fingerprint density at radius 1 is 0.684 bits per heavy atom. The Hall–Kier alpha value is -3.66. The van der Waals surface area contributed by atoms with Crippen LogP contribution < -0.4 is 0 Å². The molecule has 0 spiro atoms. The molecule has 0 heterocycles. The summed E-state index contributed by atoms with van der Waals surface area (Å²) in [5, 5.41) is 18.1. The smallest absolute Gasteiger partial charge is 0.335 e. The van der Waals surface area contributed by atoms with Crippen LogP contribution in [0.25, 0.3) is 0 Å². The lowest BCUT2D eigenvalue weighted by Gasteiger charge is -2.13. The Morgan fingerprint density at radius 2 is 1.37 bits per heavy atom. The van der Waals surface area contributed by atoms with Crippen LogP contribution in [-0.2, 0) is 30.5 Å². The molecule has 3 aromatic carbocycles. The molecule has 1 atom stereocenters. The Labute approximate surface area is 227 Å². The minimum absolute atomic E-state index is 0.197. The van der Waals surface area contributed by atoms with Gasteiger partial charge in [-0.1, -0.05) is 91.7 Å². The number of rotatable bonds is 17. The first kappa shape index (κ1) is 28.9. The van der Waals surface area contributed by atoms with Gasteiger partial charge >= 0.3 is 11.9 Å². The highest BCUT2D eigenvalue weighted by molar-refractivity contribution is 5.87. The topological polar surface area (TPSA) is 74.6 Å². The lowest BCUT2D eigenvalue weighted by Crippen LogP contribution is -2.04. The highest BCUT2D eigenvalue weighted by atomic mass is 16.4. The first-order valence-electron chi connectivity index (χ1n) is 13.8. The van der Waals surface area contributed by atoms with Gasteiger partial charge in [-0.2, -0.15) is 0 Å². The summed E-state index contributed by atoms with van der Waals surface area (Å²) >= 11 is 0. The van der Waals surface area contributed by atoms with Crippen molar-refractivity contribution in [2.24, 2.45) is 5.92 Å². The van der Waals surface area contributed by atoms with Crippen LogP contribution in [-0.4, -0.2) is 22.2 Å². The summed E-state index contributed by atoms with van der Waals surface area (Å²) in [4.78, 5) is 22.0. The van der Waals surface area contributed by atoms with Crippen molar-refractivity contribution in [1.29, 1.82) is 0 Å². The zero-order chi connectivity index (χ0) is 27.0. The van der Waals surface area contributed by atoms with Crippen LogP contribution in [0.1, 0.15) is 77.6 Å². The van der Waals surface area contributed by atoms with Gasteiger partial charge in [-0.25, -0.2) is 4.79 Å². The lowest BCUT2D eigenvalue weighted by molar-refractivity contribution is -0.137. The number of aliphatic carboxylic acids is 1. The maximum atomic E-state index is 11.1. The number of carboxylic acid groups (broad SMARTS) is 2. The molecule has 0 aliphatic rings. The number of aromatic carboxylic acids is 1. The molecule has 1 unspecified atom stereocenters. The third kappa shape index (κ3) is 11.2. The molecule has 0 aliphatic heterocycles. The molecule has 0 aromatic heterocycles. The van der Waals surface area contributed by atoms with Crippen molar-refractivity contribution >= 4 is 11.9 Å². The molecule has 0 amide bonds. The second-order valence-electron chi connectivity index (χ2n) is 10.1. The fraction of sp³-hybridized carbons (Fsp3) is 0.353. The molecule has 0 saturated carbocycles. The van der Waals surface area contributed by atoms with Crippen LogP contribution in [0.4, 0.5) is 0 Å². The van der Waals surface area contributed by atoms with Gasteiger partial charge in [0.2, 0.25) is 0 Å². The molecule has 38 heavy (non-hydrogen) atoms. The van der Waals surface area contributed by atoms with Crippen LogP contribution in [0.15, 0.2) is 91.0 Å². The molecule has 200 valence electrons. The first-order chi connectivity index (χ1) is 18.5. The van der Waals surface area contributed by atoms with Crippen LogP contribution in [0.2, 0.25) is 0 Å². The molecular formula is C34H40O4. The van der Waals surface area contributed by atoms with Crippen LogP contribution in [0.5, 0.6) is 0 Å². The second-order valence-corrected chi connectivity index (χ2v) is 10.1. The van der Waals surface area contributed by atoms with E-state index in [1.54, 1.807) is 12.1 Å². The number of unbranched alkanes of at least 4 members (excludes halogenated alkanes) is 3. The first-order valence-corrected chi connectivity index (χ1v) is 13.8. The third-order valence-corrected chi connectivity index (χ3v) is 6.94. The molecule has 2 N–H and O–H groups in total. The molecule has 0 fully saturated rings. The molecule has 0 bridgehead atoms. The Morgan fingerprint density at radius 3 is 2.08 bits per heavy atom. The lowest BCUT2D eigenvalue weighted by atomic mass is 9.92. The number of hydrogen-bond acceptors (Lipinski definition) is 2. The Balaban J connectivity index is 1.49. The van der Waals surface area contributed by atoms with Crippen molar-refractivity contribution < 1.29 is 19.8 Å². The average Bonchev–Trinajstić information content (AvgIpc) is 2.92. The van der Waals surface area contributed by atoms with Crippen molar-refractivity contribution in [3.63, 3.8) is 0 Å². The molecule has 4 heteroatoms. The Kier molecular flexibility index (Phi) is 12.4. The minimum atomic E-state index is -0.920. The highest BCUT2D eigenvalue weighted by Gasteiger charge is 2.09. The minimum Gasteiger partial charge on any atom is -0.481 e. The average molecular weight is 513 g/mol. The van der Waals surface area contributed by atoms with Gasteiger partial charge < -0.3 is 10.2 Å². The predicted molar refractivity (Wildman–Crippen MR) is 154 cm³/mol. The van der Waals surface area contributed by atoms with Gasteiger partial charge in [0.15, 0.2) is 0 Å². The van der Waals surface area contributed by atoms with E-state index in [0.29, 0.717) is 12.0 Å². The van der Waals surface area contributed by atoms with Gasteiger partial charge in [-0.05, 0) is 91.7 Å². The van der Waals surface area contributed by atoms with Crippen molar-refractivity contribution in [2.75, 3.05) is 0 Å². The summed E-state index contributed by atoms with van der Waals surface area (Å²) < 4.78 is 0. The maximum Gasteiger partial charge on any atom is 0.335 e. The number of hydrogen-bond donors (Lipinski definition) is 2. The standard InChI is InChI=1S/C34H40O4/c35-33(36)20-8-7-15-29(26-31-21-23-32(24-22-31)34(37)38)17-10-19-30-18-9-16-28(25-30)14-6-2-5-13-27-11-3-1-4-12-27/h1,3-4,9-12,16-18,21-25,29H,2,5-8,13-15,19-20,26H2,(H,35,36)(H,37,38). The van der Waals surface area contributed by atoms with Gasteiger partial charge in [0.05, 0.1) is 5.56 Å². The summed E-state index contributed by atoms with van der Waals surface area (Å²) in [6, 6.07) is 26.6. The quantitative estimate of drug-likeness (QED) is 0.142. The third-order valence-electron chi connectivity index (χ3n) is 6.94. The molecule has 3 aromatic rings. The van der Waals surface area contributed by atoms with Crippen molar-refractivity contribution in [3.8, 4) is 0 Å². The zero-order valence-electron chi connectivity index (χ0n) is 22.2. The predicted octanol–water partition coefficient (Wildman–Crippen LogP) is 7.94. The van der Waals surface area contributed by atoms with E-state index in [-0.39, 0.29) is 12.3 Å². The maximum absolute atomic E-state index is 11.1. The van der Waals surface area contributed by atoms with Crippen LogP contribution in [0, 0.1) is 5.92 Å². The van der Waals surface area contributed by atoms with E-state index in [1.165, 1.54) is 36.0 Å². The largest absolute Gasteiger partial charge is 0.481 e. The van der Waals surface area contributed by atoms with E-state index in [4.69, 9.17) is 10.2 Å². The van der Waals surface area contributed by atoms with Gasteiger partial charge in [-0.3, -0.25) is 4.79 Å². The van der Waals surface area contributed by atoms with E-state index in [2.05, 4.69) is 66.7 Å². The van der Waals surface area contributed by atoms with E-state index in [1.807, 2.05) is 12.1 Å². The van der Waals surface area contributed by atoms with E-state index in [0.717, 1.165) is 44.1 Å². The molecular weight excluding hydrogens is 472 g/mol. The monoisotopic (exact) mass is 512 g/mol. The second kappa shape index (κ2) is 16.2. The van der Waals surface area contributed by atoms with Gasteiger partial charge in [0.1, 0.15) is 0 Å². The van der Waals surface area contributed by atoms with Gasteiger partial charge in [0, 0.05) is 6.42 Å². The van der Waals surface area contributed by atoms with E-state index < -0.39 is 11.9 Å². The number of carboxylic acids is 2. The van der Waals surface area contributed by atoms with E-state index >= 15 is 0 Å². The number of carbonyl (C=O) groups is 2. The number of benzene rings is 3. The highest BCUT2D eigenvalue weighted by Crippen LogP contribution is 2.19. The zero-order valence-corrected chi connectivity index (χ0v) is 22.2. The summed E-state index contributed by atoms with van der Waals surface area (Å²) in [6.45, 7) is 0. The fourth-order valence-corrected chi connectivity index (χ4v) is 4.82. The summed E-state index contributed by atoms with van der Waals surface area (Å²) in [5.41, 5.74) is 5.49.